The summed E-state index contributed by atoms with van der Waals surface area (Å²) in [7, 11) is 0. The normalized spacial score (nSPS) is 11.7. The standard InChI is InChI=1S/C12H15BrN2O4/c1-3-9(13)12(16)14-10-6-5-8(19-4-2)7-11(10)15(17)18/h5-7,9H,3-4H2,1-2H3,(H,14,16). The minimum absolute atomic E-state index is 0.163. The predicted octanol–water partition coefficient (Wildman–Crippen LogP) is 3.11. The van der Waals surface area contributed by atoms with E-state index in [1.165, 1.54) is 12.1 Å². The number of hydrogen-bond donors (Lipinski definition) is 1. The first-order chi connectivity index (χ1) is 8.99. The molecule has 1 aromatic carbocycles. The number of carbonyl (C=O) groups excluding carboxylic acids is 1. The molecule has 0 heterocycles. The molecule has 1 atom stereocenters. The number of alkyl halides is 1. The molecule has 1 amide bonds. The van der Waals surface area contributed by atoms with Crippen molar-refractivity contribution in [3.63, 3.8) is 0 Å². The highest BCUT2D eigenvalue weighted by Gasteiger charge is 2.20. The van der Waals surface area contributed by atoms with Gasteiger partial charge >= 0.3 is 0 Å². The first-order valence-corrected chi connectivity index (χ1v) is 6.77. The molecule has 0 aliphatic carbocycles. The highest BCUT2D eigenvalue weighted by molar-refractivity contribution is 9.10. The summed E-state index contributed by atoms with van der Waals surface area (Å²) < 4.78 is 5.20. The molecule has 6 nitrogen and oxygen atoms in total. The lowest BCUT2D eigenvalue weighted by molar-refractivity contribution is -0.384. The summed E-state index contributed by atoms with van der Waals surface area (Å²) in [5.74, 6) is 0.0906. The van der Waals surface area contributed by atoms with Gasteiger partial charge in [-0.1, -0.05) is 22.9 Å². The second-order valence-corrected chi connectivity index (χ2v) is 4.84. The number of hydrogen-bond acceptors (Lipinski definition) is 4. The van der Waals surface area contributed by atoms with E-state index >= 15 is 0 Å². The zero-order chi connectivity index (χ0) is 14.4. The first kappa shape index (κ1) is 15.4. The molecule has 19 heavy (non-hydrogen) atoms. The van der Waals surface area contributed by atoms with Gasteiger partial charge in [0.2, 0.25) is 5.91 Å². The van der Waals surface area contributed by atoms with Crippen LogP contribution in [-0.4, -0.2) is 22.3 Å². The van der Waals surface area contributed by atoms with Crippen LogP contribution in [0.4, 0.5) is 11.4 Å². The number of rotatable bonds is 6. The molecule has 0 aliphatic heterocycles. The van der Waals surface area contributed by atoms with Gasteiger partial charge in [-0.2, -0.15) is 0 Å². The van der Waals surface area contributed by atoms with Crippen LogP contribution >= 0.6 is 15.9 Å². The van der Waals surface area contributed by atoms with Crippen molar-refractivity contribution in [1.82, 2.24) is 0 Å². The Labute approximate surface area is 119 Å². The summed E-state index contributed by atoms with van der Waals surface area (Å²) in [5.41, 5.74) is -0.0218. The largest absolute Gasteiger partial charge is 0.494 e. The van der Waals surface area contributed by atoms with Crippen molar-refractivity contribution in [2.45, 2.75) is 25.1 Å². The monoisotopic (exact) mass is 330 g/mol. The van der Waals surface area contributed by atoms with E-state index in [0.717, 1.165) is 0 Å². The van der Waals surface area contributed by atoms with E-state index in [-0.39, 0.29) is 22.1 Å². The summed E-state index contributed by atoms with van der Waals surface area (Å²) >= 11 is 3.19. The number of carbonyl (C=O) groups is 1. The maximum Gasteiger partial charge on any atom is 0.296 e. The average molecular weight is 331 g/mol. The number of nitrogens with one attached hydrogen (secondary N) is 1. The van der Waals surface area contributed by atoms with E-state index < -0.39 is 4.92 Å². The van der Waals surface area contributed by atoms with E-state index in [9.17, 15) is 14.9 Å². The highest BCUT2D eigenvalue weighted by Crippen LogP contribution is 2.29. The van der Waals surface area contributed by atoms with E-state index in [1.807, 2.05) is 6.92 Å². The van der Waals surface area contributed by atoms with Crippen LogP contribution in [0.2, 0.25) is 0 Å². The molecule has 1 rings (SSSR count). The van der Waals surface area contributed by atoms with E-state index in [1.54, 1.807) is 13.0 Å². The molecule has 0 radical (unpaired) electrons. The smallest absolute Gasteiger partial charge is 0.296 e. The molecule has 0 saturated heterocycles. The zero-order valence-electron chi connectivity index (χ0n) is 10.7. The van der Waals surface area contributed by atoms with Gasteiger partial charge in [-0.3, -0.25) is 14.9 Å². The van der Waals surface area contributed by atoms with Crippen molar-refractivity contribution in [2.24, 2.45) is 0 Å². The fourth-order valence-electron chi connectivity index (χ4n) is 1.42. The van der Waals surface area contributed by atoms with Crippen molar-refractivity contribution >= 4 is 33.2 Å². The lowest BCUT2D eigenvalue weighted by Crippen LogP contribution is -2.22. The van der Waals surface area contributed by atoms with E-state index in [2.05, 4.69) is 21.2 Å². The molecular weight excluding hydrogens is 316 g/mol. The van der Waals surface area contributed by atoms with Gasteiger partial charge in [-0.25, -0.2) is 0 Å². The van der Waals surface area contributed by atoms with E-state index in [4.69, 9.17) is 4.74 Å². The molecule has 1 N–H and O–H groups in total. The van der Waals surface area contributed by atoms with Crippen LogP contribution in [0, 0.1) is 10.1 Å². The number of amides is 1. The summed E-state index contributed by atoms with van der Waals surface area (Å²) in [6.07, 6.45) is 0.594. The van der Waals surface area contributed by atoms with Crippen LogP contribution in [0.1, 0.15) is 20.3 Å². The molecule has 104 valence electrons. The number of benzene rings is 1. The molecule has 0 saturated carbocycles. The molecule has 0 aromatic heterocycles. The molecule has 1 aromatic rings. The lowest BCUT2D eigenvalue weighted by Gasteiger charge is -2.10. The topological polar surface area (TPSA) is 81.5 Å². The third kappa shape index (κ3) is 4.20. The van der Waals surface area contributed by atoms with Gasteiger partial charge in [-0.05, 0) is 25.5 Å². The molecule has 0 fully saturated rings. The first-order valence-electron chi connectivity index (χ1n) is 5.85. The minimum Gasteiger partial charge on any atom is -0.494 e. The maximum atomic E-state index is 11.7. The Hall–Kier alpha value is -1.63. The molecular formula is C12H15BrN2O4. The number of nitrogens with zero attached hydrogens (tertiary/aromatic N) is 1. The second kappa shape index (κ2) is 7.08. The third-order valence-electron chi connectivity index (χ3n) is 2.38. The van der Waals surface area contributed by atoms with Crippen molar-refractivity contribution < 1.29 is 14.5 Å². The molecule has 0 aliphatic rings. The summed E-state index contributed by atoms with van der Waals surface area (Å²) in [4.78, 5) is 21.8. The van der Waals surface area contributed by atoms with Crippen LogP contribution in [0.3, 0.4) is 0 Å². The Bertz CT molecular complexity index is 479. The zero-order valence-corrected chi connectivity index (χ0v) is 12.3. The Morgan fingerprint density at radius 2 is 2.21 bits per heavy atom. The lowest BCUT2D eigenvalue weighted by atomic mass is 10.2. The number of ether oxygens (including phenoxy) is 1. The summed E-state index contributed by atoms with van der Waals surface area (Å²) in [6, 6.07) is 4.35. The van der Waals surface area contributed by atoms with Crippen LogP contribution < -0.4 is 10.1 Å². The van der Waals surface area contributed by atoms with Crippen molar-refractivity contribution in [3.05, 3.63) is 28.3 Å². The van der Waals surface area contributed by atoms with Crippen molar-refractivity contribution in [1.29, 1.82) is 0 Å². The highest BCUT2D eigenvalue weighted by atomic mass is 79.9. The Morgan fingerprint density at radius 3 is 2.74 bits per heavy atom. The second-order valence-electron chi connectivity index (χ2n) is 3.73. The van der Waals surface area contributed by atoms with E-state index in [0.29, 0.717) is 18.8 Å². The average Bonchev–Trinajstić information content (AvgIpc) is 2.39. The minimum atomic E-state index is -0.548. The van der Waals surface area contributed by atoms with Crippen molar-refractivity contribution in [3.8, 4) is 5.75 Å². The molecule has 7 heteroatoms. The van der Waals surface area contributed by atoms with Crippen LogP contribution in [0.15, 0.2) is 18.2 Å². The summed E-state index contributed by atoms with van der Waals surface area (Å²) in [5, 5.41) is 13.5. The molecule has 0 bridgehead atoms. The summed E-state index contributed by atoms with van der Waals surface area (Å²) in [6.45, 7) is 4.05. The van der Waals surface area contributed by atoms with Crippen molar-refractivity contribution in [2.75, 3.05) is 11.9 Å². The van der Waals surface area contributed by atoms with Crippen LogP contribution in [-0.2, 0) is 4.79 Å². The number of nitro benzene ring substituents is 1. The molecule has 0 spiro atoms. The van der Waals surface area contributed by atoms with Crippen LogP contribution in [0.5, 0.6) is 5.75 Å². The predicted molar refractivity (Wildman–Crippen MR) is 75.9 cm³/mol. The van der Waals surface area contributed by atoms with Gasteiger partial charge in [0.25, 0.3) is 5.69 Å². The Kier molecular flexibility index (Phi) is 5.75. The Morgan fingerprint density at radius 1 is 1.53 bits per heavy atom. The third-order valence-corrected chi connectivity index (χ3v) is 3.44. The van der Waals surface area contributed by atoms with Gasteiger partial charge in [-0.15, -0.1) is 0 Å². The van der Waals surface area contributed by atoms with Gasteiger partial charge in [0.1, 0.15) is 11.4 Å². The Balaban J connectivity index is 3.00. The fourth-order valence-corrected chi connectivity index (χ4v) is 1.54. The quantitative estimate of drug-likeness (QED) is 0.493. The number of halogens is 1. The van der Waals surface area contributed by atoms with Gasteiger partial charge in [0, 0.05) is 0 Å². The fraction of sp³-hybridized carbons (Fsp3) is 0.417. The van der Waals surface area contributed by atoms with Crippen LogP contribution in [0.25, 0.3) is 0 Å². The SMILES string of the molecule is CCOc1ccc(NC(=O)C(Br)CC)c([N+](=O)[O-])c1. The van der Waals surface area contributed by atoms with Gasteiger partial charge < -0.3 is 10.1 Å². The van der Waals surface area contributed by atoms with Gasteiger partial charge in [0.05, 0.1) is 22.4 Å². The maximum absolute atomic E-state index is 11.7. The number of anilines is 1. The molecule has 1 unspecified atom stereocenters. The van der Waals surface area contributed by atoms with Gasteiger partial charge in [0.15, 0.2) is 0 Å². The number of nitro groups is 1.